The van der Waals surface area contributed by atoms with Crippen molar-refractivity contribution >= 4 is 40.2 Å². The summed E-state index contributed by atoms with van der Waals surface area (Å²) in [6, 6.07) is 0. The maximum Gasteiger partial charge on any atom is 1.00 e. The van der Waals surface area contributed by atoms with Crippen LogP contribution in [-0.4, -0.2) is 40.2 Å². The van der Waals surface area contributed by atoms with Crippen molar-refractivity contribution in [1.29, 1.82) is 0 Å². The normalized spacial score (nSPS) is 5.38. The van der Waals surface area contributed by atoms with Crippen molar-refractivity contribution in [3.8, 4) is 0 Å². The summed E-state index contributed by atoms with van der Waals surface area (Å²) in [6.07, 6.45) is 0. The predicted octanol–water partition coefficient (Wildman–Crippen LogP) is -5.07. The molecule has 0 saturated heterocycles. The zero-order valence-electron chi connectivity index (χ0n) is 4.34. The fourth-order valence-electron chi connectivity index (χ4n) is 0. The minimum Gasteiger partial charge on any atom is 1.00 e. The number of hydrogen-bond donors (Lipinski definition) is 0. The van der Waals surface area contributed by atoms with E-state index < -0.39 is 22.0 Å². The molecule has 0 bridgehead atoms. The van der Waals surface area contributed by atoms with Gasteiger partial charge in [0, 0.05) is 0 Å². The molecular weight excluding hydrogens is 247 g/mol. The minimum absolute atomic E-state index is 0. The fourth-order valence-corrected chi connectivity index (χ4v) is 0. The topological polar surface area (TPSA) is 0 Å². The second-order valence-corrected chi connectivity index (χ2v) is 1.29. The fraction of sp³-hybridized carbons (Fsp3) is 0. The Morgan fingerprint density at radius 1 is 1.00 bits per heavy atom. The van der Waals surface area contributed by atoms with E-state index in [1.54, 1.807) is 0 Å². The average molecular weight is 247 g/mol. The maximum absolute atomic E-state index is 9.85. The Balaban J connectivity index is -0.0000000183. The molecule has 0 aliphatic rings. The van der Waals surface area contributed by atoms with Crippen LogP contribution in [0.5, 0.6) is 0 Å². The molecule has 0 aliphatic carbocycles. The Hall–Kier alpha value is 2.07. The van der Waals surface area contributed by atoms with E-state index in [0.29, 0.717) is 18.2 Å². The van der Waals surface area contributed by atoms with Gasteiger partial charge in [0.2, 0.25) is 0 Å². The van der Waals surface area contributed by atoms with Crippen molar-refractivity contribution in [2.45, 2.75) is 0 Å². The molecule has 0 aromatic carbocycles. The molecule has 0 nitrogen and oxygen atoms in total. The SMILES string of the molecule is [F-].[F][Sb]([F])[F].[Li][F].[Na+]. The van der Waals surface area contributed by atoms with E-state index in [9.17, 15) is 11.8 Å². The summed E-state index contributed by atoms with van der Waals surface area (Å²) in [5, 5.41) is 0. The van der Waals surface area contributed by atoms with Crippen LogP contribution in [0.2, 0.25) is 0 Å². The first-order valence-corrected chi connectivity index (χ1v) is 3.78. The summed E-state index contributed by atoms with van der Waals surface area (Å²) in [7, 11) is 0. The van der Waals surface area contributed by atoms with Crippen molar-refractivity contribution < 1.29 is 46.1 Å². The molecule has 0 heterocycles. The molecular formula is F5LiNaSb. The van der Waals surface area contributed by atoms with Gasteiger partial charge < -0.3 is 4.70 Å². The summed E-state index contributed by atoms with van der Waals surface area (Å²) in [6.45, 7) is 0. The minimum atomic E-state index is -4.95. The summed E-state index contributed by atoms with van der Waals surface area (Å²) < 4.78 is 39.0. The molecule has 0 atom stereocenters. The van der Waals surface area contributed by atoms with Crippen LogP contribution in [0.3, 0.4) is 0 Å². The number of rotatable bonds is 0. The van der Waals surface area contributed by atoms with Crippen LogP contribution in [-0.2, 0) is 0 Å². The van der Waals surface area contributed by atoms with Gasteiger partial charge in [-0.15, -0.1) is 0 Å². The molecule has 8 heavy (non-hydrogen) atoms. The second kappa shape index (κ2) is 23.0. The third-order valence-electron chi connectivity index (χ3n) is 0. The molecule has 0 spiro atoms. The molecule has 8 heteroatoms. The quantitative estimate of drug-likeness (QED) is 0.297. The Morgan fingerprint density at radius 2 is 1.00 bits per heavy atom. The van der Waals surface area contributed by atoms with Gasteiger partial charge in [-0.2, -0.15) is 0 Å². The first-order chi connectivity index (χ1) is 2.73. The molecule has 0 aromatic heterocycles. The third kappa shape index (κ3) is 94.4. The zero-order valence-corrected chi connectivity index (χ0v) is 8.89. The van der Waals surface area contributed by atoms with Crippen LogP contribution in [0.25, 0.3) is 0 Å². The first kappa shape index (κ1) is 22.5. The Kier molecular flexibility index (Phi) is 64.6. The van der Waals surface area contributed by atoms with Crippen molar-refractivity contribution in [2.75, 3.05) is 0 Å². The Morgan fingerprint density at radius 3 is 1.00 bits per heavy atom. The smallest absolute Gasteiger partial charge is 1.00 e. The first-order valence-electron chi connectivity index (χ1n) is 0.885. The molecule has 0 saturated carbocycles. The van der Waals surface area contributed by atoms with Crippen LogP contribution in [0.1, 0.15) is 0 Å². The van der Waals surface area contributed by atoms with Gasteiger partial charge >= 0.3 is 81.5 Å². The van der Waals surface area contributed by atoms with E-state index in [0.717, 1.165) is 0 Å². The van der Waals surface area contributed by atoms with Gasteiger partial charge in [-0.05, 0) is 0 Å². The monoisotopic (exact) mass is 246 g/mol. The van der Waals surface area contributed by atoms with Gasteiger partial charge in [-0.25, -0.2) is 0 Å². The zero-order chi connectivity index (χ0) is 5.58. The van der Waals surface area contributed by atoms with Gasteiger partial charge in [-0.3, -0.25) is 0 Å². The van der Waals surface area contributed by atoms with Gasteiger partial charge in [-0.1, -0.05) is 0 Å². The number of halogens is 5. The summed E-state index contributed by atoms with van der Waals surface area (Å²) in [5.41, 5.74) is 0. The van der Waals surface area contributed by atoms with Crippen LogP contribution in [0.15, 0.2) is 0 Å². The van der Waals surface area contributed by atoms with Gasteiger partial charge in [0.05, 0.1) is 0 Å². The van der Waals surface area contributed by atoms with E-state index in [1.807, 2.05) is 0 Å². The van der Waals surface area contributed by atoms with E-state index in [-0.39, 0.29) is 34.3 Å². The van der Waals surface area contributed by atoms with Crippen LogP contribution in [0.4, 0.5) is 11.8 Å². The molecule has 0 unspecified atom stereocenters. The van der Waals surface area contributed by atoms with Crippen LogP contribution in [0, 0.1) is 0 Å². The van der Waals surface area contributed by atoms with Crippen molar-refractivity contribution in [3.05, 3.63) is 0 Å². The van der Waals surface area contributed by atoms with Gasteiger partial charge in [0.1, 0.15) is 0 Å². The molecule has 0 N–H and O–H groups in total. The van der Waals surface area contributed by atoms with Crippen LogP contribution < -0.4 is 34.3 Å². The maximum atomic E-state index is 9.85. The molecule has 0 aliphatic heterocycles. The second-order valence-electron chi connectivity index (χ2n) is 0.192. The molecule has 42 valence electrons. The van der Waals surface area contributed by atoms with Crippen molar-refractivity contribution in [1.82, 2.24) is 0 Å². The third-order valence-corrected chi connectivity index (χ3v) is 0. The largest absolute Gasteiger partial charge is 1.00 e. The van der Waals surface area contributed by atoms with Gasteiger partial charge in [0.15, 0.2) is 0 Å². The predicted molar refractivity (Wildman–Crippen MR) is 15.9 cm³/mol. The van der Waals surface area contributed by atoms with E-state index in [2.05, 4.69) is 0 Å². The van der Waals surface area contributed by atoms with Crippen molar-refractivity contribution in [3.63, 3.8) is 0 Å². The van der Waals surface area contributed by atoms with E-state index in [4.69, 9.17) is 0 Å². The molecule has 0 aromatic rings. The van der Waals surface area contributed by atoms with Crippen molar-refractivity contribution in [2.24, 2.45) is 0 Å². The molecule has 0 rings (SSSR count). The standard InChI is InChI=1S/5FH.Li.Na.Sb/h5*1H;;;/q;;;;;2*+1;+3/p-5. The Labute approximate surface area is 85.2 Å². The van der Waals surface area contributed by atoms with Gasteiger partial charge in [0.25, 0.3) is 0 Å². The summed E-state index contributed by atoms with van der Waals surface area (Å²) >= 11 is -4.45. The average Bonchev–Trinajstić information content (AvgIpc) is 1.41. The van der Waals surface area contributed by atoms with E-state index >= 15 is 0 Å². The molecule has 0 amide bonds. The molecule has 0 radical (unpaired) electrons. The van der Waals surface area contributed by atoms with E-state index in [1.165, 1.54) is 0 Å². The molecule has 0 fully saturated rings. The number of hydrogen-bond acceptors (Lipinski definition) is 0. The summed E-state index contributed by atoms with van der Waals surface area (Å²) in [5.74, 6) is 0. The Bertz CT molecular complexity index is 17.1. The summed E-state index contributed by atoms with van der Waals surface area (Å²) in [4.78, 5) is 0. The van der Waals surface area contributed by atoms with Crippen LogP contribution >= 0.6 is 0 Å².